The first-order valence-corrected chi connectivity index (χ1v) is 10.3. The van der Waals surface area contributed by atoms with Gasteiger partial charge in [-0.15, -0.1) is 0 Å². The standard InChI is InChI=1S/C21H20ClFN6O3/c1-4-17(12-6-7-15(23)14(22)8-12)29-18-16(10-25-29)26-21(27-19(18)31-3)28-11-13(9-24-28)20(30)32-5-2/h6-11,17H,4-5H2,1-3H3. The van der Waals surface area contributed by atoms with E-state index in [1.54, 1.807) is 29.9 Å². The second-order valence-electron chi connectivity index (χ2n) is 6.85. The Bertz CT molecular complexity index is 1290. The summed E-state index contributed by atoms with van der Waals surface area (Å²) in [5.74, 6) is -0.476. The van der Waals surface area contributed by atoms with Crippen LogP contribution in [0.5, 0.6) is 5.88 Å². The molecule has 4 rings (SSSR count). The quantitative estimate of drug-likeness (QED) is 0.386. The van der Waals surface area contributed by atoms with Crippen molar-refractivity contribution in [3.63, 3.8) is 0 Å². The molecule has 0 saturated carbocycles. The number of fused-ring (bicyclic) bond motifs is 1. The lowest BCUT2D eigenvalue weighted by Crippen LogP contribution is -2.13. The minimum Gasteiger partial charge on any atom is -0.479 e. The average molecular weight is 459 g/mol. The number of hydrogen-bond acceptors (Lipinski definition) is 7. The highest BCUT2D eigenvalue weighted by Gasteiger charge is 2.22. The molecule has 0 saturated heterocycles. The van der Waals surface area contributed by atoms with Crippen molar-refractivity contribution in [1.29, 1.82) is 0 Å². The summed E-state index contributed by atoms with van der Waals surface area (Å²) < 4.78 is 27.3. The number of halogens is 2. The monoisotopic (exact) mass is 458 g/mol. The number of rotatable bonds is 7. The molecule has 1 unspecified atom stereocenters. The van der Waals surface area contributed by atoms with Crippen LogP contribution in [0.4, 0.5) is 4.39 Å². The Labute approximate surface area is 187 Å². The van der Waals surface area contributed by atoms with Crippen molar-refractivity contribution in [2.75, 3.05) is 13.7 Å². The molecule has 3 aromatic heterocycles. The fraction of sp³-hybridized carbons (Fsp3) is 0.286. The van der Waals surface area contributed by atoms with Crippen LogP contribution in [-0.4, -0.2) is 49.2 Å². The minimum atomic E-state index is -0.484. The zero-order chi connectivity index (χ0) is 22.8. The van der Waals surface area contributed by atoms with Gasteiger partial charge >= 0.3 is 5.97 Å². The molecule has 0 aliphatic heterocycles. The van der Waals surface area contributed by atoms with Gasteiger partial charge in [0.1, 0.15) is 16.9 Å². The highest BCUT2D eigenvalue weighted by atomic mass is 35.5. The summed E-state index contributed by atoms with van der Waals surface area (Å²) in [4.78, 5) is 20.9. The molecule has 0 aliphatic rings. The van der Waals surface area contributed by atoms with Gasteiger partial charge in [0, 0.05) is 6.20 Å². The molecule has 9 nitrogen and oxygen atoms in total. The third-order valence-electron chi connectivity index (χ3n) is 4.90. The largest absolute Gasteiger partial charge is 0.479 e. The predicted octanol–water partition coefficient (Wildman–Crippen LogP) is 3.99. The molecule has 4 aromatic rings. The van der Waals surface area contributed by atoms with Gasteiger partial charge < -0.3 is 9.47 Å². The van der Waals surface area contributed by atoms with E-state index < -0.39 is 11.8 Å². The van der Waals surface area contributed by atoms with Gasteiger partial charge in [-0.3, -0.25) is 4.68 Å². The van der Waals surface area contributed by atoms with E-state index >= 15 is 0 Å². The zero-order valence-electron chi connectivity index (χ0n) is 17.6. The summed E-state index contributed by atoms with van der Waals surface area (Å²) in [6.45, 7) is 3.97. The molecule has 0 spiro atoms. The van der Waals surface area contributed by atoms with E-state index in [0.717, 1.165) is 5.56 Å². The predicted molar refractivity (Wildman–Crippen MR) is 115 cm³/mol. The maximum atomic E-state index is 13.6. The van der Waals surface area contributed by atoms with Gasteiger partial charge in [0.15, 0.2) is 0 Å². The summed E-state index contributed by atoms with van der Waals surface area (Å²) in [6, 6.07) is 4.34. The number of hydrogen-bond donors (Lipinski definition) is 0. The summed E-state index contributed by atoms with van der Waals surface area (Å²) >= 11 is 5.99. The molecule has 0 aliphatic carbocycles. The number of ether oxygens (including phenoxy) is 2. The molecule has 0 bridgehead atoms. The maximum Gasteiger partial charge on any atom is 0.341 e. The van der Waals surface area contributed by atoms with E-state index in [-0.39, 0.29) is 35.1 Å². The van der Waals surface area contributed by atoms with E-state index in [9.17, 15) is 9.18 Å². The third kappa shape index (κ3) is 3.89. The maximum absolute atomic E-state index is 13.6. The summed E-state index contributed by atoms with van der Waals surface area (Å²) in [5, 5.41) is 8.68. The Morgan fingerprint density at radius 1 is 1.22 bits per heavy atom. The number of carbonyl (C=O) groups excluding carboxylic acids is 1. The molecule has 1 atom stereocenters. The van der Waals surface area contributed by atoms with Crippen molar-refractivity contribution in [1.82, 2.24) is 29.5 Å². The molecule has 32 heavy (non-hydrogen) atoms. The molecule has 11 heteroatoms. The Morgan fingerprint density at radius 2 is 2.03 bits per heavy atom. The smallest absolute Gasteiger partial charge is 0.341 e. The number of nitrogens with zero attached hydrogens (tertiary/aromatic N) is 6. The molecule has 0 radical (unpaired) electrons. The number of benzene rings is 1. The number of esters is 1. The molecule has 166 valence electrons. The average Bonchev–Trinajstić information content (AvgIpc) is 3.44. The lowest BCUT2D eigenvalue weighted by atomic mass is 10.0. The van der Waals surface area contributed by atoms with Crippen molar-refractivity contribution in [2.24, 2.45) is 0 Å². The van der Waals surface area contributed by atoms with Crippen LogP contribution in [0.1, 0.15) is 42.2 Å². The van der Waals surface area contributed by atoms with Gasteiger partial charge in [-0.2, -0.15) is 15.2 Å². The van der Waals surface area contributed by atoms with Crippen LogP contribution in [0.2, 0.25) is 5.02 Å². The van der Waals surface area contributed by atoms with Crippen LogP contribution in [0.3, 0.4) is 0 Å². The molecule has 3 heterocycles. The van der Waals surface area contributed by atoms with Gasteiger partial charge in [-0.05, 0) is 31.0 Å². The van der Waals surface area contributed by atoms with Gasteiger partial charge in [-0.25, -0.2) is 18.9 Å². The molecule has 0 N–H and O–H groups in total. The van der Waals surface area contributed by atoms with Crippen molar-refractivity contribution < 1.29 is 18.7 Å². The van der Waals surface area contributed by atoms with Crippen LogP contribution < -0.4 is 4.74 Å². The van der Waals surface area contributed by atoms with Gasteiger partial charge in [0.25, 0.3) is 5.95 Å². The van der Waals surface area contributed by atoms with E-state index in [2.05, 4.69) is 20.2 Å². The van der Waals surface area contributed by atoms with Crippen LogP contribution in [0.15, 0.2) is 36.8 Å². The normalized spacial score (nSPS) is 12.2. The number of methoxy groups -OCH3 is 1. The Balaban J connectivity index is 1.78. The van der Waals surface area contributed by atoms with E-state index in [0.29, 0.717) is 17.5 Å². The lowest BCUT2D eigenvalue weighted by molar-refractivity contribution is 0.0526. The minimum absolute atomic E-state index is 0.0407. The molecule has 1 aromatic carbocycles. The second-order valence-corrected chi connectivity index (χ2v) is 7.25. The fourth-order valence-electron chi connectivity index (χ4n) is 3.42. The Morgan fingerprint density at radius 3 is 2.72 bits per heavy atom. The molecule has 0 amide bonds. The van der Waals surface area contributed by atoms with Gasteiger partial charge in [0.2, 0.25) is 5.88 Å². The van der Waals surface area contributed by atoms with Crippen LogP contribution in [-0.2, 0) is 4.74 Å². The van der Waals surface area contributed by atoms with Crippen LogP contribution in [0.25, 0.3) is 17.0 Å². The molecular formula is C21H20ClFN6O3. The number of aromatic nitrogens is 6. The summed E-state index contributed by atoms with van der Waals surface area (Å²) in [7, 11) is 1.49. The summed E-state index contributed by atoms with van der Waals surface area (Å²) in [5.41, 5.74) is 2.17. The second kappa shape index (κ2) is 8.91. The first kappa shape index (κ1) is 21.7. The third-order valence-corrected chi connectivity index (χ3v) is 5.19. The van der Waals surface area contributed by atoms with Crippen molar-refractivity contribution >= 4 is 28.6 Å². The van der Waals surface area contributed by atoms with E-state index in [4.69, 9.17) is 21.1 Å². The SMILES string of the molecule is CCOC(=O)c1cnn(-c2nc(OC)c3c(cnn3C(CC)c3ccc(F)c(Cl)c3)n2)c1. The van der Waals surface area contributed by atoms with Gasteiger partial charge in [-0.1, -0.05) is 24.6 Å². The van der Waals surface area contributed by atoms with Gasteiger partial charge in [0.05, 0.1) is 42.7 Å². The highest BCUT2D eigenvalue weighted by molar-refractivity contribution is 6.30. The first-order chi connectivity index (χ1) is 15.5. The summed E-state index contributed by atoms with van der Waals surface area (Å²) in [6.07, 6.45) is 5.11. The van der Waals surface area contributed by atoms with Crippen molar-refractivity contribution in [2.45, 2.75) is 26.3 Å². The Kier molecular flexibility index (Phi) is 6.04. The van der Waals surface area contributed by atoms with Crippen LogP contribution in [0, 0.1) is 5.82 Å². The fourth-order valence-corrected chi connectivity index (χ4v) is 3.61. The lowest BCUT2D eigenvalue weighted by Gasteiger charge is -2.18. The highest BCUT2D eigenvalue weighted by Crippen LogP contribution is 2.31. The van der Waals surface area contributed by atoms with E-state index in [1.807, 2.05) is 6.92 Å². The molecule has 0 fully saturated rings. The first-order valence-electron chi connectivity index (χ1n) is 9.93. The van der Waals surface area contributed by atoms with Crippen molar-refractivity contribution in [3.8, 4) is 11.8 Å². The van der Waals surface area contributed by atoms with E-state index in [1.165, 1.54) is 30.3 Å². The number of carbonyl (C=O) groups is 1. The zero-order valence-corrected chi connectivity index (χ0v) is 18.4. The Hall–Kier alpha value is -3.53. The topological polar surface area (TPSA) is 97.0 Å². The molecular weight excluding hydrogens is 439 g/mol. The van der Waals surface area contributed by atoms with Crippen molar-refractivity contribution in [3.05, 3.63) is 58.8 Å². The van der Waals surface area contributed by atoms with Crippen LogP contribution >= 0.6 is 11.6 Å².